The van der Waals surface area contributed by atoms with Gasteiger partial charge < -0.3 is 18.6 Å². The molecule has 4 nitrogen and oxygen atoms in total. The molecule has 16 rings (SSSR count). The predicted octanol–water partition coefficient (Wildman–Crippen LogP) is 22.5. The summed E-state index contributed by atoms with van der Waals surface area (Å²) >= 11 is 0. The minimum Gasteiger partial charge on any atom is -0.453 e. The fourth-order valence-electron chi connectivity index (χ4n) is 14.2. The summed E-state index contributed by atoms with van der Waals surface area (Å²) in [7, 11) is 0. The van der Waals surface area contributed by atoms with E-state index >= 15 is 0 Å². The minimum absolute atomic E-state index is 0.807. The Morgan fingerprint density at radius 3 is 1.19 bits per heavy atom. The zero-order valence-electron chi connectivity index (χ0n) is 47.8. The van der Waals surface area contributed by atoms with Crippen molar-refractivity contribution in [1.29, 1.82) is 0 Å². The molecule has 4 heteroatoms. The average Bonchev–Trinajstić information content (AvgIpc) is 1.80. The van der Waals surface area contributed by atoms with Gasteiger partial charge in [0.05, 0.1) is 22.5 Å². The van der Waals surface area contributed by atoms with E-state index in [2.05, 4.69) is 317 Å². The Labute approximate surface area is 494 Å². The molecule has 0 N–H and O–H groups in total. The zero-order chi connectivity index (χ0) is 56.9. The van der Waals surface area contributed by atoms with Crippen molar-refractivity contribution in [2.45, 2.75) is 33.1 Å². The third kappa shape index (κ3) is 7.61. The van der Waals surface area contributed by atoms with Crippen LogP contribution in [0.25, 0.3) is 88.0 Å². The maximum absolute atomic E-state index is 7.36. The van der Waals surface area contributed by atoms with Gasteiger partial charge in [-0.05, 0) is 142 Å². The van der Waals surface area contributed by atoms with Crippen LogP contribution in [0.4, 0.5) is 34.1 Å². The molecule has 2 aromatic heterocycles. The highest BCUT2D eigenvalue weighted by Crippen LogP contribution is 2.61. The van der Waals surface area contributed by atoms with Gasteiger partial charge in [0.15, 0.2) is 11.2 Å². The van der Waals surface area contributed by atoms with Crippen molar-refractivity contribution in [2.24, 2.45) is 0 Å². The lowest BCUT2D eigenvalue weighted by atomic mass is 9.67. The van der Waals surface area contributed by atoms with Crippen LogP contribution in [-0.2, 0) is 5.41 Å². The van der Waals surface area contributed by atoms with Crippen molar-refractivity contribution < 1.29 is 8.83 Å². The molecule has 1 aliphatic carbocycles. The minimum atomic E-state index is -0.807. The van der Waals surface area contributed by atoms with E-state index < -0.39 is 5.41 Å². The molecule has 15 aromatic rings. The quantitative estimate of drug-likeness (QED) is 0.137. The molecule has 2 heterocycles. The second-order valence-electron chi connectivity index (χ2n) is 22.8. The number of para-hydroxylation sites is 6. The van der Waals surface area contributed by atoms with Crippen molar-refractivity contribution in [3.63, 3.8) is 0 Å². The van der Waals surface area contributed by atoms with Crippen LogP contribution in [0.2, 0.25) is 0 Å². The summed E-state index contributed by atoms with van der Waals surface area (Å²) in [6, 6.07) is 102. The summed E-state index contributed by atoms with van der Waals surface area (Å²) in [4.78, 5) is 4.91. The first-order valence-corrected chi connectivity index (χ1v) is 29.4. The molecule has 0 spiro atoms. The van der Waals surface area contributed by atoms with Crippen LogP contribution in [-0.4, -0.2) is 0 Å². The number of hydrogen-bond acceptors (Lipinski definition) is 4. The number of nitrogens with zero attached hydrogens (tertiary/aromatic N) is 2. The molecule has 0 bridgehead atoms. The Hall–Kier alpha value is -10.7. The van der Waals surface area contributed by atoms with Crippen molar-refractivity contribution >= 4 is 88.8 Å². The van der Waals surface area contributed by atoms with Gasteiger partial charge in [0, 0.05) is 55.1 Å². The lowest BCUT2D eigenvalue weighted by Crippen LogP contribution is -2.29. The van der Waals surface area contributed by atoms with E-state index in [4.69, 9.17) is 8.83 Å². The standard InChI is InChI=1S/C81H58N2O2/c1-51-25-11-15-33-58(51)62-37-21-39-64-66-41-23-45-73(79(66)84-77(62)64)82(71-43-19-13-27-53(71)3)57-47-48-68-69(49-57)81(55-29-7-5-8-30-55,56-31-9-6-10-32-56)70-50-75(60-35-17-18-36-61(60)76(68)70)83(72-44-20-14-28-54(72)4)74-46-24-42-67-65-40-22-38-63(78(65)85-80(67)74)59-34-16-12-26-52(59)2/h5-50H,1-4H3. The Bertz CT molecular complexity index is 5110. The second kappa shape index (κ2) is 19.8. The van der Waals surface area contributed by atoms with Crippen molar-refractivity contribution in [1.82, 2.24) is 0 Å². The molecule has 0 atom stereocenters. The molecule has 0 radical (unpaired) electrons. The van der Waals surface area contributed by atoms with Gasteiger partial charge in [-0.3, -0.25) is 0 Å². The third-order valence-electron chi connectivity index (χ3n) is 18.1. The molecule has 0 unspecified atom stereocenters. The molecule has 0 aliphatic heterocycles. The summed E-state index contributed by atoms with van der Waals surface area (Å²) < 4.78 is 14.7. The first-order valence-electron chi connectivity index (χ1n) is 29.4. The normalized spacial score (nSPS) is 12.6. The smallest absolute Gasteiger partial charge is 0.159 e. The first-order chi connectivity index (χ1) is 41.9. The van der Waals surface area contributed by atoms with Crippen LogP contribution in [0.1, 0.15) is 44.5 Å². The summed E-state index contributed by atoms with van der Waals surface area (Å²) in [5.74, 6) is 0. The first kappa shape index (κ1) is 50.1. The molecule has 1 aliphatic rings. The maximum Gasteiger partial charge on any atom is 0.159 e. The number of anilines is 6. The molecular weight excluding hydrogens is 1030 g/mol. The third-order valence-corrected chi connectivity index (χ3v) is 18.1. The van der Waals surface area contributed by atoms with Gasteiger partial charge in [-0.2, -0.15) is 0 Å². The number of aryl methyl sites for hydroxylation is 4. The topological polar surface area (TPSA) is 32.8 Å². The van der Waals surface area contributed by atoms with Gasteiger partial charge in [-0.1, -0.05) is 237 Å². The number of benzene rings is 13. The van der Waals surface area contributed by atoms with Gasteiger partial charge in [0.2, 0.25) is 0 Å². The fraction of sp³-hybridized carbons (Fsp3) is 0.0617. The van der Waals surface area contributed by atoms with Gasteiger partial charge in [0.1, 0.15) is 11.2 Å². The highest BCUT2D eigenvalue weighted by atomic mass is 16.3. The maximum atomic E-state index is 7.36. The highest BCUT2D eigenvalue weighted by molar-refractivity contribution is 6.17. The largest absolute Gasteiger partial charge is 0.453 e. The van der Waals surface area contributed by atoms with Crippen molar-refractivity contribution in [3.8, 4) is 33.4 Å². The zero-order valence-corrected chi connectivity index (χ0v) is 47.8. The van der Waals surface area contributed by atoms with Crippen LogP contribution >= 0.6 is 0 Å². The van der Waals surface area contributed by atoms with Gasteiger partial charge in [-0.25, -0.2) is 0 Å². The highest BCUT2D eigenvalue weighted by Gasteiger charge is 2.48. The summed E-state index contributed by atoms with van der Waals surface area (Å²) in [5.41, 5.74) is 25.1. The van der Waals surface area contributed by atoms with Crippen LogP contribution in [0.5, 0.6) is 0 Å². The lowest BCUT2D eigenvalue weighted by Gasteiger charge is -2.36. The van der Waals surface area contributed by atoms with E-state index in [1.54, 1.807) is 0 Å². The molecule has 0 saturated heterocycles. The second-order valence-corrected chi connectivity index (χ2v) is 22.8. The molecule has 85 heavy (non-hydrogen) atoms. The van der Waals surface area contributed by atoms with Gasteiger partial charge in [-0.15, -0.1) is 0 Å². The molecule has 0 saturated carbocycles. The van der Waals surface area contributed by atoms with E-state index in [-0.39, 0.29) is 0 Å². The summed E-state index contributed by atoms with van der Waals surface area (Å²) in [6.07, 6.45) is 0. The van der Waals surface area contributed by atoms with Crippen LogP contribution < -0.4 is 9.80 Å². The number of hydrogen-bond donors (Lipinski definition) is 0. The lowest BCUT2D eigenvalue weighted by molar-refractivity contribution is 0.670. The predicted molar refractivity (Wildman–Crippen MR) is 355 cm³/mol. The SMILES string of the molecule is Cc1ccccc1-c1cccc2c1oc1c(N(c3ccc4c(c3)C(c3ccccc3)(c3ccccc3)c3cc(N(c5ccccc5C)c5cccc6c5oc5c(-c7ccccc7C)cccc56)c5ccccc5c3-4)c3ccccc3C)cccc12. The van der Waals surface area contributed by atoms with Gasteiger partial charge >= 0.3 is 0 Å². The molecule has 0 fully saturated rings. The molecule has 13 aromatic carbocycles. The van der Waals surface area contributed by atoms with E-state index in [0.29, 0.717) is 0 Å². The Balaban J connectivity index is 0.982. The average molecular weight is 1090 g/mol. The van der Waals surface area contributed by atoms with Crippen LogP contribution in [0.3, 0.4) is 0 Å². The Kier molecular flexibility index (Phi) is 11.6. The van der Waals surface area contributed by atoms with Gasteiger partial charge in [0.25, 0.3) is 0 Å². The van der Waals surface area contributed by atoms with E-state index in [9.17, 15) is 0 Å². The Morgan fingerprint density at radius 1 is 0.259 bits per heavy atom. The summed E-state index contributed by atoms with van der Waals surface area (Å²) in [5, 5.41) is 6.61. The van der Waals surface area contributed by atoms with Crippen LogP contribution in [0.15, 0.2) is 288 Å². The summed E-state index contributed by atoms with van der Waals surface area (Å²) in [6.45, 7) is 8.78. The number of rotatable bonds is 10. The van der Waals surface area contributed by atoms with E-state index in [1.807, 2.05) is 0 Å². The van der Waals surface area contributed by atoms with E-state index in [1.165, 1.54) is 49.9 Å². The monoisotopic (exact) mass is 1090 g/mol. The van der Waals surface area contributed by atoms with E-state index in [0.717, 1.165) is 117 Å². The van der Waals surface area contributed by atoms with Crippen LogP contribution in [0, 0.1) is 27.7 Å². The number of furan rings is 2. The number of fused-ring (bicyclic) bond motifs is 11. The molecular formula is C81H58N2O2. The van der Waals surface area contributed by atoms with Crippen molar-refractivity contribution in [3.05, 3.63) is 324 Å². The van der Waals surface area contributed by atoms with Crippen molar-refractivity contribution in [2.75, 3.05) is 9.80 Å². The molecule has 404 valence electrons. The Morgan fingerprint density at radius 2 is 0.659 bits per heavy atom. The molecule has 0 amide bonds. The fourth-order valence-corrected chi connectivity index (χ4v) is 14.2.